The summed E-state index contributed by atoms with van der Waals surface area (Å²) >= 11 is 0. The Morgan fingerprint density at radius 2 is 1.96 bits per heavy atom. The van der Waals surface area contributed by atoms with Crippen LogP contribution in [0.5, 0.6) is 0 Å². The molecule has 1 fully saturated rings. The maximum absolute atomic E-state index is 13.1. The molecule has 1 aromatic carbocycles. The van der Waals surface area contributed by atoms with E-state index in [9.17, 15) is 9.59 Å². The molecule has 0 unspecified atom stereocenters. The van der Waals surface area contributed by atoms with Crippen LogP contribution in [-0.4, -0.2) is 43.3 Å². The van der Waals surface area contributed by atoms with Crippen molar-refractivity contribution >= 4 is 17.3 Å². The lowest BCUT2D eigenvalue weighted by Crippen LogP contribution is -2.31. The Hall–Kier alpha value is -3.09. The number of likely N-dealkylation sites (tertiary alicyclic amines) is 1. The summed E-state index contributed by atoms with van der Waals surface area (Å²) in [5.74, 6) is 0. The smallest absolute Gasteiger partial charge is 0.407 e. The zero-order valence-electron chi connectivity index (χ0n) is 12.9. The Kier molecular flexibility index (Phi) is 3.34. The topological polar surface area (TPSA) is 80.4 Å². The summed E-state index contributed by atoms with van der Waals surface area (Å²) in [6, 6.07) is 12.9. The molecule has 1 amide bonds. The molecule has 1 atom stereocenters. The molecule has 0 spiro atoms. The van der Waals surface area contributed by atoms with Crippen LogP contribution in [0.3, 0.4) is 0 Å². The highest BCUT2D eigenvalue weighted by molar-refractivity contribution is 5.74. The van der Waals surface area contributed by atoms with Crippen molar-refractivity contribution in [3.05, 3.63) is 59.1 Å². The maximum Gasteiger partial charge on any atom is 0.407 e. The van der Waals surface area contributed by atoms with E-state index in [1.807, 2.05) is 36.4 Å². The van der Waals surface area contributed by atoms with Crippen LogP contribution < -0.4 is 5.69 Å². The number of hydrogen-bond acceptors (Lipinski definition) is 3. The van der Waals surface area contributed by atoms with Crippen molar-refractivity contribution in [2.45, 2.75) is 12.5 Å². The number of hydrogen-bond donors (Lipinski definition) is 1. The minimum Gasteiger partial charge on any atom is -0.465 e. The van der Waals surface area contributed by atoms with Crippen LogP contribution in [0.25, 0.3) is 16.9 Å². The molecule has 0 radical (unpaired) electrons. The fourth-order valence-electron chi connectivity index (χ4n) is 3.33. The summed E-state index contributed by atoms with van der Waals surface area (Å²) in [4.78, 5) is 30.0. The first-order valence-corrected chi connectivity index (χ1v) is 7.78. The summed E-state index contributed by atoms with van der Waals surface area (Å²) < 4.78 is 3.26. The zero-order chi connectivity index (χ0) is 16.7. The van der Waals surface area contributed by atoms with Gasteiger partial charge < -0.3 is 10.0 Å². The van der Waals surface area contributed by atoms with Crippen LogP contribution in [0.4, 0.5) is 4.79 Å². The minimum absolute atomic E-state index is 0.188. The lowest BCUT2D eigenvalue weighted by atomic mass is 10.2. The number of amides is 1. The highest BCUT2D eigenvalue weighted by Crippen LogP contribution is 2.25. The molecule has 1 saturated heterocycles. The molecule has 7 nitrogen and oxygen atoms in total. The molecular weight excluding hydrogens is 308 g/mol. The van der Waals surface area contributed by atoms with E-state index in [4.69, 9.17) is 5.11 Å². The standard InChI is InChI=1S/C17H16N4O3/c22-16-20(12-5-2-1-3-6-12)14-7-4-9-18-15(14)21(16)13-8-10-19(11-13)17(23)24/h1-7,9,13H,8,10-11H2,(H,23,24)/t13-/m0/s1. The molecule has 0 saturated carbocycles. The van der Waals surface area contributed by atoms with Gasteiger partial charge in [-0.15, -0.1) is 0 Å². The van der Waals surface area contributed by atoms with Gasteiger partial charge in [-0.2, -0.15) is 0 Å². The maximum atomic E-state index is 13.1. The van der Waals surface area contributed by atoms with Crippen molar-refractivity contribution in [3.8, 4) is 5.69 Å². The number of carboxylic acid groups (broad SMARTS) is 1. The highest BCUT2D eigenvalue weighted by atomic mass is 16.4. The first-order valence-electron chi connectivity index (χ1n) is 7.78. The second kappa shape index (κ2) is 5.52. The van der Waals surface area contributed by atoms with E-state index >= 15 is 0 Å². The lowest BCUT2D eigenvalue weighted by molar-refractivity contribution is 0.154. The van der Waals surface area contributed by atoms with Crippen molar-refractivity contribution in [3.63, 3.8) is 0 Å². The summed E-state index contributed by atoms with van der Waals surface area (Å²) in [6.45, 7) is 0.733. The molecule has 3 aromatic rings. The molecule has 122 valence electrons. The second-order valence-electron chi connectivity index (χ2n) is 5.84. The SMILES string of the molecule is O=C(O)N1CC[C@H](n2c(=O)n(-c3ccccc3)c3cccnc32)C1. The number of rotatable bonds is 2. The second-order valence-corrected chi connectivity index (χ2v) is 5.84. The van der Waals surface area contributed by atoms with Crippen molar-refractivity contribution in [1.82, 2.24) is 19.0 Å². The van der Waals surface area contributed by atoms with Gasteiger partial charge >= 0.3 is 11.8 Å². The van der Waals surface area contributed by atoms with Gasteiger partial charge in [0.05, 0.1) is 17.2 Å². The third kappa shape index (κ3) is 2.17. The van der Waals surface area contributed by atoms with Crippen molar-refractivity contribution in [1.29, 1.82) is 0 Å². The molecule has 7 heteroatoms. The van der Waals surface area contributed by atoms with E-state index in [2.05, 4.69) is 4.98 Å². The van der Waals surface area contributed by atoms with Gasteiger partial charge in [-0.3, -0.25) is 9.13 Å². The molecule has 24 heavy (non-hydrogen) atoms. The van der Waals surface area contributed by atoms with E-state index in [1.165, 1.54) is 4.90 Å². The molecule has 4 rings (SSSR count). The van der Waals surface area contributed by atoms with E-state index < -0.39 is 6.09 Å². The van der Waals surface area contributed by atoms with Crippen molar-refractivity contribution in [2.24, 2.45) is 0 Å². The molecule has 1 N–H and O–H groups in total. The van der Waals surface area contributed by atoms with Gasteiger partial charge in [-0.25, -0.2) is 14.6 Å². The third-order valence-corrected chi connectivity index (χ3v) is 4.45. The normalized spacial score (nSPS) is 17.5. The quantitative estimate of drug-likeness (QED) is 0.783. The summed E-state index contributed by atoms with van der Waals surface area (Å²) in [5, 5.41) is 9.16. The van der Waals surface area contributed by atoms with Crippen molar-refractivity contribution < 1.29 is 9.90 Å². The molecule has 0 bridgehead atoms. The highest BCUT2D eigenvalue weighted by Gasteiger charge is 2.30. The Morgan fingerprint density at radius 1 is 1.17 bits per heavy atom. The van der Waals surface area contributed by atoms with E-state index in [-0.39, 0.29) is 11.7 Å². The van der Waals surface area contributed by atoms with Gasteiger partial charge in [0, 0.05) is 19.3 Å². The zero-order valence-corrected chi connectivity index (χ0v) is 12.9. The first kappa shape index (κ1) is 14.5. The fourth-order valence-corrected chi connectivity index (χ4v) is 3.33. The number of carbonyl (C=O) groups is 1. The van der Waals surface area contributed by atoms with Gasteiger partial charge in [-0.1, -0.05) is 18.2 Å². The minimum atomic E-state index is -0.953. The van der Waals surface area contributed by atoms with Crippen molar-refractivity contribution in [2.75, 3.05) is 13.1 Å². The Morgan fingerprint density at radius 3 is 2.67 bits per heavy atom. The van der Waals surface area contributed by atoms with E-state index in [0.29, 0.717) is 25.2 Å². The van der Waals surface area contributed by atoms with Gasteiger partial charge in [0.1, 0.15) is 0 Å². The van der Waals surface area contributed by atoms with Crippen LogP contribution in [0, 0.1) is 0 Å². The predicted octanol–water partition coefficient (Wildman–Crippen LogP) is 2.11. The molecule has 0 aliphatic carbocycles. The monoisotopic (exact) mass is 324 g/mol. The van der Waals surface area contributed by atoms with Gasteiger partial charge in [0.15, 0.2) is 5.65 Å². The number of pyridine rings is 1. The average molecular weight is 324 g/mol. The lowest BCUT2D eigenvalue weighted by Gasteiger charge is -2.13. The Bertz CT molecular complexity index is 961. The summed E-state index contributed by atoms with van der Waals surface area (Å²) in [7, 11) is 0. The first-order chi connectivity index (χ1) is 11.7. The fraction of sp³-hybridized carbons (Fsp3) is 0.235. The number of imidazole rings is 1. The number of nitrogens with zero attached hydrogens (tertiary/aromatic N) is 4. The summed E-state index contributed by atoms with van der Waals surface area (Å²) in [6.07, 6.45) is 1.30. The molecule has 3 heterocycles. The van der Waals surface area contributed by atoms with Gasteiger partial charge in [0.2, 0.25) is 0 Å². The summed E-state index contributed by atoms with van der Waals surface area (Å²) in [5.41, 5.74) is 1.89. The van der Waals surface area contributed by atoms with E-state index in [0.717, 1.165) is 11.2 Å². The van der Waals surface area contributed by atoms with Crippen LogP contribution >= 0.6 is 0 Å². The molecule has 1 aliphatic heterocycles. The largest absolute Gasteiger partial charge is 0.465 e. The Labute approximate surface area is 137 Å². The Balaban J connectivity index is 1.90. The van der Waals surface area contributed by atoms with E-state index in [1.54, 1.807) is 21.4 Å². The number of aromatic nitrogens is 3. The molecule has 1 aliphatic rings. The third-order valence-electron chi connectivity index (χ3n) is 4.45. The number of fused-ring (bicyclic) bond motifs is 1. The van der Waals surface area contributed by atoms with Gasteiger partial charge in [0.25, 0.3) is 0 Å². The van der Waals surface area contributed by atoms with Gasteiger partial charge in [-0.05, 0) is 30.7 Å². The molecule has 2 aromatic heterocycles. The average Bonchev–Trinajstić information content (AvgIpc) is 3.17. The van der Waals surface area contributed by atoms with Crippen LogP contribution in [0.15, 0.2) is 53.5 Å². The van der Waals surface area contributed by atoms with Crippen LogP contribution in [0.2, 0.25) is 0 Å². The molecular formula is C17H16N4O3. The predicted molar refractivity (Wildman–Crippen MR) is 88.6 cm³/mol. The number of para-hydroxylation sites is 1. The number of benzene rings is 1. The van der Waals surface area contributed by atoms with Crippen LogP contribution in [0.1, 0.15) is 12.5 Å². The van der Waals surface area contributed by atoms with Crippen LogP contribution in [-0.2, 0) is 0 Å².